The van der Waals surface area contributed by atoms with Crippen molar-refractivity contribution in [1.82, 2.24) is 0 Å². The summed E-state index contributed by atoms with van der Waals surface area (Å²) in [5.74, 6) is -0.593. The van der Waals surface area contributed by atoms with E-state index in [1.54, 1.807) is 26.0 Å². The lowest BCUT2D eigenvalue weighted by Gasteiger charge is -2.27. The number of carbonyl (C=O) groups excluding carboxylic acids is 1. The first kappa shape index (κ1) is 22.3. The molecule has 2 rings (SSSR count). The van der Waals surface area contributed by atoms with Crippen molar-refractivity contribution >= 4 is 23.8 Å². The van der Waals surface area contributed by atoms with Crippen LogP contribution >= 0.6 is 0 Å². The molecule has 0 aliphatic heterocycles. The van der Waals surface area contributed by atoms with E-state index >= 15 is 0 Å². The molecule has 0 spiro atoms. The highest BCUT2D eigenvalue weighted by Gasteiger charge is 2.33. The number of nitro groups is 1. The fourth-order valence-corrected chi connectivity index (χ4v) is 3.11. The van der Waals surface area contributed by atoms with E-state index in [4.69, 9.17) is 9.47 Å². The molecule has 2 aromatic carbocycles. The van der Waals surface area contributed by atoms with Crippen molar-refractivity contribution in [2.75, 3.05) is 7.11 Å². The molecule has 6 heteroatoms. The highest BCUT2D eigenvalue weighted by atomic mass is 16.6. The summed E-state index contributed by atoms with van der Waals surface area (Å²) in [4.78, 5) is 23.9. The van der Waals surface area contributed by atoms with Crippen LogP contribution in [0.25, 0.3) is 12.2 Å². The molecule has 0 amide bonds. The summed E-state index contributed by atoms with van der Waals surface area (Å²) in [7, 11) is 1.27. The van der Waals surface area contributed by atoms with Crippen molar-refractivity contribution in [2.45, 2.75) is 46.3 Å². The molecule has 1 unspecified atom stereocenters. The summed E-state index contributed by atoms with van der Waals surface area (Å²) in [5.41, 5.74) is 2.25. The summed E-state index contributed by atoms with van der Waals surface area (Å²) >= 11 is 0. The molecule has 29 heavy (non-hydrogen) atoms. The molecule has 6 nitrogen and oxygen atoms in total. The Hall–Kier alpha value is -2.99. The smallest absolute Gasteiger partial charge is 0.339 e. The van der Waals surface area contributed by atoms with Crippen molar-refractivity contribution < 1.29 is 19.2 Å². The van der Waals surface area contributed by atoms with Gasteiger partial charge < -0.3 is 9.47 Å². The van der Waals surface area contributed by atoms with Crippen LogP contribution in [0, 0.1) is 24.0 Å². The molecule has 2 aromatic rings. The lowest BCUT2D eigenvalue weighted by atomic mass is 9.93. The Morgan fingerprint density at radius 2 is 1.76 bits per heavy atom. The number of esters is 1. The maximum Gasteiger partial charge on any atom is 0.339 e. The number of nitrogens with zero attached hydrogens (tertiary/aromatic N) is 1. The fourth-order valence-electron chi connectivity index (χ4n) is 3.11. The second-order valence-corrected chi connectivity index (χ2v) is 7.80. The van der Waals surface area contributed by atoms with Crippen LogP contribution in [0.4, 0.5) is 5.69 Å². The number of ether oxygens (including phenoxy) is 2. The average molecular weight is 397 g/mol. The van der Waals surface area contributed by atoms with Gasteiger partial charge in [0.1, 0.15) is 0 Å². The van der Waals surface area contributed by atoms with Gasteiger partial charge in [0.2, 0.25) is 0 Å². The van der Waals surface area contributed by atoms with Gasteiger partial charge in [0.25, 0.3) is 5.69 Å². The molecular weight excluding hydrogens is 370 g/mol. The van der Waals surface area contributed by atoms with Gasteiger partial charge in [-0.3, -0.25) is 10.1 Å². The number of rotatable bonds is 6. The molecule has 0 fully saturated rings. The van der Waals surface area contributed by atoms with Gasteiger partial charge in [0.05, 0.1) is 23.2 Å². The number of hydrogen-bond donors (Lipinski definition) is 0. The van der Waals surface area contributed by atoms with Crippen LogP contribution in [-0.4, -0.2) is 23.6 Å². The van der Waals surface area contributed by atoms with Crippen LogP contribution in [0.5, 0.6) is 0 Å². The maximum absolute atomic E-state index is 12.4. The molecule has 154 valence electrons. The predicted molar refractivity (Wildman–Crippen MR) is 114 cm³/mol. The average Bonchev–Trinajstić information content (AvgIpc) is 2.65. The highest BCUT2D eigenvalue weighted by molar-refractivity contribution is 5.81. The van der Waals surface area contributed by atoms with Crippen LogP contribution in [-0.2, 0) is 14.3 Å². The number of aryl methyl sites for hydroxylation is 1. The number of nitro benzene ring substituents is 1. The summed E-state index contributed by atoms with van der Waals surface area (Å²) in [6.45, 7) is 8.87. The van der Waals surface area contributed by atoms with Crippen LogP contribution < -0.4 is 0 Å². The first-order valence-electron chi connectivity index (χ1n) is 9.32. The van der Waals surface area contributed by atoms with E-state index in [1.807, 2.05) is 57.2 Å². The maximum atomic E-state index is 12.4. The van der Waals surface area contributed by atoms with E-state index < -0.39 is 22.6 Å². The Balaban J connectivity index is 2.63. The zero-order valence-electron chi connectivity index (χ0n) is 17.7. The number of methoxy groups -OCH3 is 1. The lowest BCUT2D eigenvalue weighted by molar-refractivity contribution is -0.385. The Morgan fingerprint density at radius 1 is 1.14 bits per heavy atom. The summed E-state index contributed by atoms with van der Waals surface area (Å²) in [6.07, 6.45) is 2.51. The summed E-state index contributed by atoms with van der Waals surface area (Å²) in [6, 6.07) is 11.3. The van der Waals surface area contributed by atoms with Gasteiger partial charge >= 0.3 is 5.97 Å². The van der Waals surface area contributed by atoms with Crippen molar-refractivity contribution in [3.8, 4) is 0 Å². The van der Waals surface area contributed by atoms with Crippen molar-refractivity contribution in [2.24, 2.45) is 0 Å². The normalized spacial score (nSPS) is 12.8. The SMILES string of the molecule is COC(=O)C(OC(C)(C)C)c1cc(C)c(/C=C/c2ccccc2)c([N+](=O)[O-])c1C. The van der Waals surface area contributed by atoms with Gasteiger partial charge in [-0.05, 0) is 51.8 Å². The van der Waals surface area contributed by atoms with E-state index in [0.717, 1.165) is 5.56 Å². The lowest BCUT2D eigenvalue weighted by Crippen LogP contribution is -2.29. The Morgan fingerprint density at radius 3 is 2.28 bits per heavy atom. The largest absolute Gasteiger partial charge is 0.467 e. The molecule has 1 atom stereocenters. The first-order valence-corrected chi connectivity index (χ1v) is 9.32. The van der Waals surface area contributed by atoms with Gasteiger partial charge in [-0.1, -0.05) is 42.5 Å². The number of benzene rings is 2. The molecule has 0 bridgehead atoms. The van der Waals surface area contributed by atoms with Gasteiger partial charge in [0, 0.05) is 11.1 Å². The molecule has 0 N–H and O–H groups in total. The molecule has 0 saturated carbocycles. The fraction of sp³-hybridized carbons (Fsp3) is 0.348. The van der Waals surface area contributed by atoms with Gasteiger partial charge in [-0.25, -0.2) is 4.79 Å². The van der Waals surface area contributed by atoms with Crippen LogP contribution in [0.1, 0.15) is 54.7 Å². The molecular formula is C23H27NO5. The van der Waals surface area contributed by atoms with Crippen molar-refractivity contribution in [3.05, 3.63) is 74.3 Å². The minimum Gasteiger partial charge on any atom is -0.467 e. The predicted octanol–water partition coefficient (Wildman–Crippen LogP) is 5.41. The standard InChI is InChI=1S/C23H27NO5/c1-15-14-19(21(22(25)28-6)29-23(3,4)5)16(2)20(24(26)27)18(15)13-12-17-10-8-7-9-11-17/h7-14,21H,1-6H3/b13-12+. The van der Waals surface area contributed by atoms with E-state index in [1.165, 1.54) is 7.11 Å². The molecule has 0 heterocycles. The van der Waals surface area contributed by atoms with Crippen molar-refractivity contribution in [1.29, 1.82) is 0 Å². The third kappa shape index (κ3) is 5.51. The topological polar surface area (TPSA) is 78.7 Å². The molecule has 0 radical (unpaired) electrons. The molecule has 0 saturated heterocycles. The van der Waals surface area contributed by atoms with E-state index in [9.17, 15) is 14.9 Å². The number of carbonyl (C=O) groups is 1. The van der Waals surface area contributed by atoms with Crippen LogP contribution in [0.2, 0.25) is 0 Å². The minimum atomic E-state index is -1.05. The summed E-state index contributed by atoms with van der Waals surface area (Å²) in [5, 5.41) is 11.9. The Kier molecular flexibility index (Phi) is 6.93. The van der Waals surface area contributed by atoms with Crippen molar-refractivity contribution in [3.63, 3.8) is 0 Å². The second kappa shape index (κ2) is 9.01. The Bertz CT molecular complexity index is 927. The molecule has 0 aliphatic rings. The third-order valence-corrected chi connectivity index (χ3v) is 4.43. The quantitative estimate of drug-likeness (QED) is 0.282. The second-order valence-electron chi connectivity index (χ2n) is 7.80. The van der Waals surface area contributed by atoms with E-state index in [0.29, 0.717) is 22.3 Å². The summed E-state index contributed by atoms with van der Waals surface area (Å²) < 4.78 is 10.8. The first-order chi connectivity index (χ1) is 13.5. The molecule has 0 aliphatic carbocycles. The van der Waals surface area contributed by atoms with E-state index in [2.05, 4.69) is 0 Å². The number of hydrogen-bond acceptors (Lipinski definition) is 5. The third-order valence-electron chi connectivity index (χ3n) is 4.43. The van der Waals surface area contributed by atoms with Crippen LogP contribution in [0.3, 0.4) is 0 Å². The highest BCUT2D eigenvalue weighted by Crippen LogP contribution is 2.37. The molecule has 0 aromatic heterocycles. The van der Waals surface area contributed by atoms with Gasteiger partial charge in [-0.2, -0.15) is 0 Å². The zero-order valence-corrected chi connectivity index (χ0v) is 17.7. The van der Waals surface area contributed by atoms with Gasteiger partial charge in [0.15, 0.2) is 6.10 Å². The minimum absolute atomic E-state index is 0.0430. The van der Waals surface area contributed by atoms with E-state index in [-0.39, 0.29) is 5.69 Å². The zero-order chi connectivity index (χ0) is 21.8. The Labute approximate surface area is 171 Å². The van der Waals surface area contributed by atoms with Gasteiger partial charge in [-0.15, -0.1) is 0 Å². The monoisotopic (exact) mass is 397 g/mol. The van der Waals surface area contributed by atoms with Crippen LogP contribution in [0.15, 0.2) is 36.4 Å².